The minimum atomic E-state index is -0.847. The SMILES string of the molecule is CCC(C)(OC)C(=O)Nc1ccc(OCCOC)nc1C. The van der Waals surface area contributed by atoms with E-state index in [-0.39, 0.29) is 5.91 Å². The molecule has 1 amide bonds. The van der Waals surface area contributed by atoms with Gasteiger partial charge in [0.25, 0.3) is 5.91 Å². The molecule has 0 aromatic carbocycles. The van der Waals surface area contributed by atoms with Crippen molar-refractivity contribution in [3.05, 3.63) is 17.8 Å². The van der Waals surface area contributed by atoms with Crippen LogP contribution in [0.3, 0.4) is 0 Å². The number of aromatic nitrogens is 1. The van der Waals surface area contributed by atoms with Crippen molar-refractivity contribution < 1.29 is 19.0 Å². The van der Waals surface area contributed by atoms with E-state index in [4.69, 9.17) is 14.2 Å². The second-order valence-corrected chi connectivity index (χ2v) is 4.87. The molecule has 0 aliphatic carbocycles. The average molecular weight is 296 g/mol. The van der Waals surface area contributed by atoms with Crippen molar-refractivity contribution in [2.75, 3.05) is 32.8 Å². The first kappa shape index (κ1) is 17.4. The van der Waals surface area contributed by atoms with E-state index in [0.29, 0.717) is 36.9 Å². The monoisotopic (exact) mass is 296 g/mol. The zero-order chi connectivity index (χ0) is 15.9. The smallest absolute Gasteiger partial charge is 0.256 e. The number of rotatable bonds is 8. The van der Waals surface area contributed by atoms with Crippen molar-refractivity contribution in [2.45, 2.75) is 32.8 Å². The molecule has 0 aliphatic rings. The van der Waals surface area contributed by atoms with Crippen LogP contribution in [-0.2, 0) is 14.3 Å². The first-order chi connectivity index (χ1) is 9.96. The molecule has 0 aliphatic heterocycles. The van der Waals surface area contributed by atoms with Gasteiger partial charge in [-0.15, -0.1) is 0 Å². The molecule has 0 saturated carbocycles. The van der Waals surface area contributed by atoms with Crippen LogP contribution in [0.15, 0.2) is 12.1 Å². The van der Waals surface area contributed by atoms with E-state index in [2.05, 4.69) is 10.3 Å². The number of hydrogen-bond donors (Lipinski definition) is 1. The van der Waals surface area contributed by atoms with Crippen LogP contribution in [0.25, 0.3) is 0 Å². The molecule has 21 heavy (non-hydrogen) atoms. The van der Waals surface area contributed by atoms with Crippen LogP contribution in [0.5, 0.6) is 5.88 Å². The molecule has 1 aromatic heterocycles. The second kappa shape index (κ2) is 7.95. The van der Waals surface area contributed by atoms with E-state index in [9.17, 15) is 4.79 Å². The predicted molar refractivity (Wildman–Crippen MR) is 80.7 cm³/mol. The summed E-state index contributed by atoms with van der Waals surface area (Å²) < 4.78 is 15.6. The van der Waals surface area contributed by atoms with Crippen molar-refractivity contribution >= 4 is 11.6 Å². The average Bonchev–Trinajstić information content (AvgIpc) is 2.49. The van der Waals surface area contributed by atoms with Crippen molar-refractivity contribution in [1.82, 2.24) is 4.98 Å². The number of pyridine rings is 1. The minimum absolute atomic E-state index is 0.189. The van der Waals surface area contributed by atoms with E-state index >= 15 is 0 Å². The van der Waals surface area contributed by atoms with Crippen LogP contribution in [0.4, 0.5) is 5.69 Å². The van der Waals surface area contributed by atoms with E-state index in [1.54, 1.807) is 26.2 Å². The normalized spacial score (nSPS) is 13.6. The first-order valence-electron chi connectivity index (χ1n) is 6.92. The lowest BCUT2D eigenvalue weighted by molar-refractivity contribution is -0.136. The molecule has 6 heteroatoms. The Hall–Kier alpha value is -1.66. The maximum Gasteiger partial charge on any atom is 0.256 e. The Morgan fingerprint density at radius 2 is 2.05 bits per heavy atom. The third-order valence-corrected chi connectivity index (χ3v) is 3.45. The number of hydrogen-bond acceptors (Lipinski definition) is 5. The molecule has 0 saturated heterocycles. The molecule has 0 spiro atoms. The first-order valence-corrected chi connectivity index (χ1v) is 6.92. The van der Waals surface area contributed by atoms with E-state index in [0.717, 1.165) is 0 Å². The highest BCUT2D eigenvalue weighted by Crippen LogP contribution is 2.21. The summed E-state index contributed by atoms with van der Waals surface area (Å²) in [6, 6.07) is 3.49. The zero-order valence-electron chi connectivity index (χ0n) is 13.4. The Bertz CT molecular complexity index is 473. The molecule has 1 heterocycles. The topological polar surface area (TPSA) is 69.7 Å². The molecular weight excluding hydrogens is 272 g/mol. The van der Waals surface area contributed by atoms with Gasteiger partial charge in [-0.1, -0.05) is 6.92 Å². The van der Waals surface area contributed by atoms with Crippen LogP contribution >= 0.6 is 0 Å². The largest absolute Gasteiger partial charge is 0.475 e. The number of ether oxygens (including phenoxy) is 3. The standard InChI is InChI=1S/C15H24N2O4/c1-6-15(3,20-5)14(18)17-12-7-8-13(16-11(12)2)21-10-9-19-4/h7-8H,6,9-10H2,1-5H3,(H,17,18). The highest BCUT2D eigenvalue weighted by Gasteiger charge is 2.31. The molecule has 118 valence electrons. The maximum atomic E-state index is 12.2. The number of methoxy groups -OCH3 is 2. The van der Waals surface area contributed by atoms with Gasteiger partial charge in [-0.3, -0.25) is 4.79 Å². The summed E-state index contributed by atoms with van der Waals surface area (Å²) in [5.74, 6) is 0.318. The van der Waals surface area contributed by atoms with Gasteiger partial charge in [0.1, 0.15) is 12.2 Å². The molecule has 0 fully saturated rings. The quantitative estimate of drug-likeness (QED) is 0.745. The van der Waals surface area contributed by atoms with Gasteiger partial charge in [0.15, 0.2) is 0 Å². The number of carbonyl (C=O) groups is 1. The van der Waals surface area contributed by atoms with Gasteiger partial charge < -0.3 is 19.5 Å². The number of nitrogens with one attached hydrogen (secondary N) is 1. The van der Waals surface area contributed by atoms with Crippen LogP contribution in [-0.4, -0.2) is 43.9 Å². The van der Waals surface area contributed by atoms with Gasteiger partial charge in [0.2, 0.25) is 5.88 Å². The summed E-state index contributed by atoms with van der Waals surface area (Å²) in [7, 11) is 3.14. The molecular formula is C15H24N2O4. The van der Waals surface area contributed by atoms with Crippen molar-refractivity contribution in [1.29, 1.82) is 0 Å². The Balaban J connectivity index is 2.74. The van der Waals surface area contributed by atoms with E-state index in [1.165, 1.54) is 7.11 Å². The number of aryl methyl sites for hydroxylation is 1. The summed E-state index contributed by atoms with van der Waals surface area (Å²) in [5, 5.41) is 2.84. The lowest BCUT2D eigenvalue weighted by Crippen LogP contribution is -2.41. The zero-order valence-corrected chi connectivity index (χ0v) is 13.4. The molecule has 1 aromatic rings. The predicted octanol–water partition coefficient (Wildman–Crippen LogP) is 2.17. The molecule has 1 rings (SSSR count). The Morgan fingerprint density at radius 3 is 2.57 bits per heavy atom. The highest BCUT2D eigenvalue weighted by molar-refractivity contribution is 5.97. The van der Waals surface area contributed by atoms with Gasteiger partial charge in [-0.2, -0.15) is 0 Å². The van der Waals surface area contributed by atoms with Crippen LogP contribution in [0.2, 0.25) is 0 Å². The summed E-state index contributed by atoms with van der Waals surface area (Å²) in [6.07, 6.45) is 0.583. The highest BCUT2D eigenvalue weighted by atomic mass is 16.5. The van der Waals surface area contributed by atoms with E-state index in [1.807, 2.05) is 13.8 Å². The Labute approximate surface area is 125 Å². The Morgan fingerprint density at radius 1 is 1.33 bits per heavy atom. The fourth-order valence-corrected chi connectivity index (χ4v) is 1.63. The number of nitrogens with zero attached hydrogens (tertiary/aromatic N) is 1. The summed E-state index contributed by atoms with van der Waals surface area (Å²) in [4.78, 5) is 16.5. The van der Waals surface area contributed by atoms with Crippen LogP contribution < -0.4 is 10.1 Å². The Kier molecular flexibility index (Phi) is 6.58. The van der Waals surface area contributed by atoms with Crippen molar-refractivity contribution in [2.24, 2.45) is 0 Å². The lowest BCUT2D eigenvalue weighted by Gasteiger charge is -2.25. The maximum absolute atomic E-state index is 12.2. The number of amides is 1. The fourth-order valence-electron chi connectivity index (χ4n) is 1.63. The van der Waals surface area contributed by atoms with Gasteiger partial charge in [0.05, 0.1) is 18.0 Å². The third kappa shape index (κ3) is 4.68. The molecule has 0 bridgehead atoms. The number of carbonyl (C=O) groups excluding carboxylic acids is 1. The van der Waals surface area contributed by atoms with Gasteiger partial charge in [0, 0.05) is 20.3 Å². The second-order valence-electron chi connectivity index (χ2n) is 4.87. The molecule has 6 nitrogen and oxygen atoms in total. The summed E-state index contributed by atoms with van der Waals surface area (Å²) >= 11 is 0. The van der Waals surface area contributed by atoms with Gasteiger partial charge in [-0.05, 0) is 26.3 Å². The number of anilines is 1. The molecule has 1 unspecified atom stereocenters. The minimum Gasteiger partial charge on any atom is -0.475 e. The molecule has 0 radical (unpaired) electrons. The van der Waals surface area contributed by atoms with E-state index < -0.39 is 5.60 Å². The van der Waals surface area contributed by atoms with Gasteiger partial charge >= 0.3 is 0 Å². The summed E-state index contributed by atoms with van der Waals surface area (Å²) in [6.45, 7) is 6.41. The van der Waals surface area contributed by atoms with Crippen molar-refractivity contribution in [3.8, 4) is 5.88 Å². The fraction of sp³-hybridized carbons (Fsp3) is 0.600. The molecule has 1 atom stereocenters. The van der Waals surface area contributed by atoms with Crippen molar-refractivity contribution in [3.63, 3.8) is 0 Å². The molecule has 1 N–H and O–H groups in total. The van der Waals surface area contributed by atoms with Gasteiger partial charge in [-0.25, -0.2) is 4.98 Å². The van der Waals surface area contributed by atoms with Crippen LogP contribution in [0, 0.1) is 6.92 Å². The van der Waals surface area contributed by atoms with Crippen LogP contribution in [0.1, 0.15) is 26.0 Å². The lowest BCUT2D eigenvalue weighted by atomic mass is 10.0. The summed E-state index contributed by atoms with van der Waals surface area (Å²) in [5.41, 5.74) is 0.490. The third-order valence-electron chi connectivity index (χ3n) is 3.45.